The summed E-state index contributed by atoms with van der Waals surface area (Å²) in [4.78, 5) is 42.7. The number of hydrogen-bond donors (Lipinski definition) is 0. The minimum Gasteiger partial charge on any atom is -0.466 e. The molecule has 1 aliphatic heterocycles. The second kappa shape index (κ2) is 8.15. The number of benzene rings is 1. The third-order valence-electron chi connectivity index (χ3n) is 4.27. The first-order chi connectivity index (χ1) is 14.2. The molecule has 30 heavy (non-hydrogen) atoms. The van der Waals surface area contributed by atoms with Crippen LogP contribution >= 0.6 is 0 Å². The van der Waals surface area contributed by atoms with Gasteiger partial charge in [0.05, 0.1) is 37.4 Å². The molecule has 0 amide bonds. The van der Waals surface area contributed by atoms with E-state index in [0.29, 0.717) is 16.7 Å². The Bertz CT molecular complexity index is 1030. The molecule has 0 saturated heterocycles. The molecule has 2 aromatic rings. The van der Waals surface area contributed by atoms with Crippen LogP contribution in [0.2, 0.25) is 0 Å². The van der Waals surface area contributed by atoms with E-state index in [0.717, 1.165) is 0 Å². The van der Waals surface area contributed by atoms with Gasteiger partial charge in [-0.05, 0) is 39.0 Å². The van der Waals surface area contributed by atoms with Crippen molar-refractivity contribution < 1.29 is 33.3 Å². The maximum Gasteiger partial charge on any atom is 0.420 e. The van der Waals surface area contributed by atoms with Gasteiger partial charge in [0, 0.05) is 5.69 Å². The molecule has 10 nitrogen and oxygen atoms in total. The number of rotatable bonds is 3. The Kier molecular flexibility index (Phi) is 5.79. The summed E-state index contributed by atoms with van der Waals surface area (Å²) in [6.45, 7) is 5.26. The monoisotopic (exact) mass is 417 g/mol. The van der Waals surface area contributed by atoms with E-state index in [4.69, 9.17) is 18.9 Å². The summed E-state index contributed by atoms with van der Waals surface area (Å²) in [5.74, 6) is -1.38. The van der Waals surface area contributed by atoms with Gasteiger partial charge >= 0.3 is 18.0 Å². The van der Waals surface area contributed by atoms with Crippen molar-refractivity contribution in [3.63, 3.8) is 0 Å². The van der Waals surface area contributed by atoms with Crippen LogP contribution in [0.1, 0.15) is 20.8 Å². The molecule has 0 spiro atoms. The van der Waals surface area contributed by atoms with Gasteiger partial charge in [-0.2, -0.15) is 0 Å². The molecular weight excluding hydrogens is 394 g/mol. The van der Waals surface area contributed by atoms with Crippen LogP contribution in [-0.4, -0.2) is 60.7 Å². The maximum atomic E-state index is 12.4. The van der Waals surface area contributed by atoms with Crippen LogP contribution in [0.5, 0.6) is 0 Å². The predicted molar refractivity (Wildman–Crippen MR) is 106 cm³/mol. The van der Waals surface area contributed by atoms with Crippen molar-refractivity contribution in [1.29, 1.82) is 0 Å². The van der Waals surface area contributed by atoms with Crippen molar-refractivity contribution in [2.24, 2.45) is 0 Å². The lowest BCUT2D eigenvalue weighted by molar-refractivity contribution is -0.140. The van der Waals surface area contributed by atoms with Gasteiger partial charge in [-0.3, -0.25) is 0 Å². The average molecular weight is 417 g/mol. The highest BCUT2D eigenvalue weighted by Gasteiger charge is 2.32. The Labute approximate surface area is 172 Å². The van der Waals surface area contributed by atoms with Crippen LogP contribution in [0.3, 0.4) is 0 Å². The Hall–Kier alpha value is -3.40. The van der Waals surface area contributed by atoms with Crippen molar-refractivity contribution in [3.8, 4) is 0 Å². The summed E-state index contributed by atoms with van der Waals surface area (Å²) in [5, 5.41) is 0. The molecule has 0 atom stereocenters. The first-order valence-electron chi connectivity index (χ1n) is 9.11. The smallest absolute Gasteiger partial charge is 0.420 e. The second-order valence-electron chi connectivity index (χ2n) is 7.48. The number of anilines is 1. The minimum absolute atomic E-state index is 0.0171. The van der Waals surface area contributed by atoms with Crippen molar-refractivity contribution in [1.82, 2.24) is 9.55 Å². The van der Waals surface area contributed by atoms with Gasteiger partial charge in [0.1, 0.15) is 24.4 Å². The standard InChI is InChI=1S/C20H23N3O7/c1-20(2,3)30-19(26)22-10-21-14-8-12(6-7-15(14)22)23-11-29-9-13(17(24)27-4)16(23)18(25)28-5/h6-8,10H,9,11H2,1-5H3. The molecule has 2 heterocycles. The first kappa shape index (κ1) is 21.3. The number of hydrogen-bond acceptors (Lipinski definition) is 9. The highest BCUT2D eigenvalue weighted by molar-refractivity contribution is 6.03. The van der Waals surface area contributed by atoms with Crippen molar-refractivity contribution in [2.45, 2.75) is 26.4 Å². The van der Waals surface area contributed by atoms with E-state index >= 15 is 0 Å². The molecule has 0 fully saturated rings. The summed E-state index contributed by atoms with van der Waals surface area (Å²) in [6, 6.07) is 5.02. The Morgan fingerprint density at radius 3 is 2.43 bits per heavy atom. The number of imidazole rings is 1. The molecule has 0 radical (unpaired) electrons. The first-order valence-corrected chi connectivity index (χ1v) is 9.11. The van der Waals surface area contributed by atoms with E-state index < -0.39 is 23.6 Å². The highest BCUT2D eigenvalue weighted by Crippen LogP contribution is 2.29. The lowest BCUT2D eigenvalue weighted by Gasteiger charge is -2.31. The number of fused-ring (bicyclic) bond motifs is 1. The van der Waals surface area contributed by atoms with E-state index in [2.05, 4.69) is 4.98 Å². The molecule has 0 saturated carbocycles. The molecule has 1 aliphatic rings. The third kappa shape index (κ3) is 4.13. The van der Waals surface area contributed by atoms with E-state index in [9.17, 15) is 14.4 Å². The number of ether oxygens (including phenoxy) is 4. The fraction of sp³-hybridized carbons (Fsp3) is 0.400. The molecular formula is C20H23N3O7. The lowest BCUT2D eigenvalue weighted by Crippen LogP contribution is -2.38. The van der Waals surface area contributed by atoms with E-state index in [1.807, 2.05) is 0 Å². The number of carbonyl (C=O) groups excluding carboxylic acids is 3. The van der Waals surface area contributed by atoms with Gasteiger partial charge in [0.25, 0.3) is 0 Å². The van der Waals surface area contributed by atoms with Crippen LogP contribution in [0.25, 0.3) is 11.0 Å². The van der Waals surface area contributed by atoms with Gasteiger partial charge in [-0.15, -0.1) is 0 Å². The fourth-order valence-electron chi connectivity index (χ4n) is 2.97. The zero-order chi connectivity index (χ0) is 22.1. The van der Waals surface area contributed by atoms with Gasteiger partial charge in [0.15, 0.2) is 0 Å². The number of methoxy groups -OCH3 is 2. The minimum atomic E-state index is -0.696. The summed E-state index contributed by atoms with van der Waals surface area (Å²) < 4.78 is 21.8. The lowest BCUT2D eigenvalue weighted by atomic mass is 10.1. The van der Waals surface area contributed by atoms with Crippen molar-refractivity contribution >= 4 is 34.8 Å². The molecule has 0 unspecified atom stereocenters. The Morgan fingerprint density at radius 1 is 1.10 bits per heavy atom. The SMILES string of the molecule is COC(=O)C1=C(C(=O)OC)N(c2ccc3c(c2)ncn3C(=O)OC(C)(C)C)COC1. The quantitative estimate of drug-likeness (QED) is 0.548. The van der Waals surface area contributed by atoms with E-state index in [1.165, 1.54) is 30.0 Å². The third-order valence-corrected chi connectivity index (χ3v) is 4.27. The number of esters is 2. The van der Waals surface area contributed by atoms with Crippen LogP contribution in [0.15, 0.2) is 35.8 Å². The normalized spacial score (nSPS) is 14.6. The average Bonchev–Trinajstić information content (AvgIpc) is 3.14. The molecule has 10 heteroatoms. The Morgan fingerprint density at radius 2 is 1.80 bits per heavy atom. The summed E-state index contributed by atoms with van der Waals surface area (Å²) in [7, 11) is 2.45. The van der Waals surface area contributed by atoms with Gasteiger partial charge < -0.3 is 23.8 Å². The molecule has 1 aromatic carbocycles. The summed E-state index contributed by atoms with van der Waals surface area (Å²) in [6.07, 6.45) is 0.814. The van der Waals surface area contributed by atoms with E-state index in [1.54, 1.807) is 39.0 Å². The molecule has 1 aromatic heterocycles. The largest absolute Gasteiger partial charge is 0.466 e. The molecule has 0 N–H and O–H groups in total. The van der Waals surface area contributed by atoms with Crippen LogP contribution < -0.4 is 4.90 Å². The topological polar surface area (TPSA) is 109 Å². The zero-order valence-electron chi connectivity index (χ0n) is 17.4. The van der Waals surface area contributed by atoms with Gasteiger partial charge in [0.2, 0.25) is 0 Å². The fourth-order valence-corrected chi connectivity index (χ4v) is 2.97. The van der Waals surface area contributed by atoms with Crippen molar-refractivity contribution in [2.75, 3.05) is 32.5 Å². The molecule has 0 aliphatic carbocycles. The van der Waals surface area contributed by atoms with E-state index in [-0.39, 0.29) is 24.6 Å². The Balaban J connectivity index is 2.03. The molecule has 3 rings (SSSR count). The second-order valence-corrected chi connectivity index (χ2v) is 7.48. The predicted octanol–water partition coefficient (Wildman–Crippen LogP) is 2.21. The number of nitrogens with zero attached hydrogens (tertiary/aromatic N) is 3. The number of aromatic nitrogens is 2. The highest BCUT2D eigenvalue weighted by atomic mass is 16.6. The van der Waals surface area contributed by atoms with Crippen LogP contribution in [0, 0.1) is 0 Å². The zero-order valence-corrected chi connectivity index (χ0v) is 17.4. The molecule has 160 valence electrons. The van der Waals surface area contributed by atoms with Gasteiger partial charge in [-0.1, -0.05) is 0 Å². The summed E-state index contributed by atoms with van der Waals surface area (Å²) in [5.41, 5.74) is 0.980. The molecule has 0 bridgehead atoms. The van der Waals surface area contributed by atoms with Crippen LogP contribution in [0.4, 0.5) is 10.5 Å². The number of carbonyl (C=O) groups is 3. The van der Waals surface area contributed by atoms with Crippen LogP contribution in [-0.2, 0) is 28.5 Å². The van der Waals surface area contributed by atoms with Crippen molar-refractivity contribution in [3.05, 3.63) is 35.8 Å². The maximum absolute atomic E-state index is 12.4. The summed E-state index contributed by atoms with van der Waals surface area (Å²) >= 11 is 0. The van der Waals surface area contributed by atoms with Gasteiger partial charge in [-0.25, -0.2) is 23.9 Å².